The number of ether oxygens (including phenoxy) is 2. The molecule has 0 bridgehead atoms. The first-order valence-electron chi connectivity index (χ1n) is 6.35. The van der Waals surface area contributed by atoms with Crippen LogP contribution < -0.4 is 5.32 Å². The summed E-state index contributed by atoms with van der Waals surface area (Å²) in [6.07, 6.45) is 1.83. The molecule has 1 heterocycles. The molecule has 0 fully saturated rings. The molecule has 1 aromatic rings. The Hall–Kier alpha value is -0.910. The van der Waals surface area contributed by atoms with Crippen LogP contribution in [0.1, 0.15) is 26.5 Å². The number of rotatable bonds is 8. The van der Waals surface area contributed by atoms with Gasteiger partial charge in [0.1, 0.15) is 0 Å². The smallest absolute Gasteiger partial charge is 0.0701 e. The zero-order chi connectivity index (χ0) is 13.4. The topological polar surface area (TPSA) is 48.3 Å². The van der Waals surface area contributed by atoms with Crippen LogP contribution in [0.15, 0.2) is 12.3 Å². The number of hydrogen-bond donors (Lipinski definition) is 1. The zero-order valence-corrected chi connectivity index (χ0v) is 11.9. The van der Waals surface area contributed by atoms with Gasteiger partial charge in [0.25, 0.3) is 0 Å². The summed E-state index contributed by atoms with van der Waals surface area (Å²) in [5.41, 5.74) is 1.30. The molecule has 0 atom stereocenters. The number of nitrogens with zero attached hydrogens (tertiary/aromatic N) is 2. The average Bonchev–Trinajstić information content (AvgIpc) is 2.73. The summed E-state index contributed by atoms with van der Waals surface area (Å²) in [4.78, 5) is 0. The maximum atomic E-state index is 5.44. The molecule has 1 rings (SSSR count). The van der Waals surface area contributed by atoms with Crippen LogP contribution in [0, 0.1) is 0 Å². The third-order valence-corrected chi connectivity index (χ3v) is 2.48. The molecule has 0 aromatic carbocycles. The van der Waals surface area contributed by atoms with Gasteiger partial charge >= 0.3 is 0 Å². The molecule has 0 radical (unpaired) electrons. The molecule has 104 valence electrons. The van der Waals surface area contributed by atoms with Gasteiger partial charge in [0.15, 0.2) is 0 Å². The highest BCUT2D eigenvalue weighted by Gasteiger charge is 2.10. The molecule has 0 spiro atoms. The molecule has 0 saturated carbocycles. The van der Waals surface area contributed by atoms with E-state index < -0.39 is 0 Å². The predicted octanol–water partition coefficient (Wildman–Crippen LogP) is 1.43. The maximum absolute atomic E-state index is 5.44. The molecule has 5 nitrogen and oxygen atoms in total. The lowest BCUT2D eigenvalue weighted by Gasteiger charge is -2.20. The Balaban J connectivity index is 2.31. The van der Waals surface area contributed by atoms with Gasteiger partial charge in [0.2, 0.25) is 0 Å². The molecule has 0 aliphatic rings. The Kier molecular flexibility index (Phi) is 6.32. The van der Waals surface area contributed by atoms with Gasteiger partial charge in [0.05, 0.1) is 32.1 Å². The minimum absolute atomic E-state index is 0.115. The minimum Gasteiger partial charge on any atom is -0.382 e. The molecule has 0 aliphatic heterocycles. The fourth-order valence-corrected chi connectivity index (χ4v) is 1.46. The van der Waals surface area contributed by atoms with Gasteiger partial charge in [-0.2, -0.15) is 5.10 Å². The molecular formula is C13H25N3O2. The van der Waals surface area contributed by atoms with Gasteiger partial charge in [-0.05, 0) is 26.8 Å². The molecular weight excluding hydrogens is 230 g/mol. The molecule has 1 aromatic heterocycles. The number of methoxy groups -OCH3 is 1. The largest absolute Gasteiger partial charge is 0.382 e. The van der Waals surface area contributed by atoms with Gasteiger partial charge in [-0.15, -0.1) is 0 Å². The fraction of sp³-hybridized carbons (Fsp3) is 0.769. The second-order valence-electron chi connectivity index (χ2n) is 5.25. The fourth-order valence-electron chi connectivity index (χ4n) is 1.46. The first kappa shape index (κ1) is 15.1. The Morgan fingerprint density at radius 1 is 1.28 bits per heavy atom. The van der Waals surface area contributed by atoms with E-state index in [2.05, 4.69) is 31.2 Å². The zero-order valence-electron chi connectivity index (χ0n) is 11.9. The van der Waals surface area contributed by atoms with Crippen molar-refractivity contribution in [3.05, 3.63) is 18.0 Å². The normalized spacial score (nSPS) is 12.0. The predicted molar refractivity (Wildman–Crippen MR) is 71.5 cm³/mol. The highest BCUT2D eigenvalue weighted by atomic mass is 16.5. The van der Waals surface area contributed by atoms with Crippen LogP contribution in [-0.4, -0.2) is 42.2 Å². The Morgan fingerprint density at radius 2 is 2.06 bits per heavy atom. The van der Waals surface area contributed by atoms with Crippen molar-refractivity contribution >= 4 is 0 Å². The molecule has 18 heavy (non-hydrogen) atoms. The molecule has 0 amide bonds. The van der Waals surface area contributed by atoms with Crippen molar-refractivity contribution < 1.29 is 9.47 Å². The van der Waals surface area contributed by atoms with E-state index in [9.17, 15) is 0 Å². The van der Waals surface area contributed by atoms with Crippen LogP contribution in [0.5, 0.6) is 0 Å². The number of aromatic nitrogens is 2. The Bertz CT molecular complexity index is 331. The van der Waals surface area contributed by atoms with Crippen molar-refractivity contribution in [3.63, 3.8) is 0 Å². The lowest BCUT2D eigenvalue weighted by molar-refractivity contribution is 0.0650. The molecule has 0 saturated heterocycles. The van der Waals surface area contributed by atoms with Crippen molar-refractivity contribution in [1.29, 1.82) is 0 Å². The van der Waals surface area contributed by atoms with Crippen LogP contribution in [0.3, 0.4) is 0 Å². The van der Waals surface area contributed by atoms with E-state index >= 15 is 0 Å². The Morgan fingerprint density at radius 3 is 2.72 bits per heavy atom. The van der Waals surface area contributed by atoms with Crippen molar-refractivity contribution in [2.24, 2.45) is 0 Å². The second-order valence-corrected chi connectivity index (χ2v) is 5.25. The summed E-state index contributed by atoms with van der Waals surface area (Å²) in [5.74, 6) is 0. The van der Waals surface area contributed by atoms with Crippen LogP contribution in [0.2, 0.25) is 0 Å². The SMILES string of the molecule is COCCOCCn1nccc1CNC(C)(C)C. The third-order valence-electron chi connectivity index (χ3n) is 2.48. The summed E-state index contributed by atoms with van der Waals surface area (Å²) in [5, 5.41) is 7.75. The number of hydrogen-bond acceptors (Lipinski definition) is 4. The van der Waals surface area contributed by atoms with E-state index in [1.807, 2.05) is 16.9 Å². The van der Waals surface area contributed by atoms with Crippen molar-refractivity contribution in [2.45, 2.75) is 39.4 Å². The van der Waals surface area contributed by atoms with Crippen LogP contribution >= 0.6 is 0 Å². The highest BCUT2D eigenvalue weighted by Crippen LogP contribution is 2.04. The van der Waals surface area contributed by atoms with Crippen molar-refractivity contribution in [1.82, 2.24) is 15.1 Å². The van der Waals surface area contributed by atoms with E-state index in [0.717, 1.165) is 13.1 Å². The molecule has 0 aliphatic carbocycles. The molecule has 1 N–H and O–H groups in total. The quantitative estimate of drug-likeness (QED) is 0.714. The van der Waals surface area contributed by atoms with Gasteiger partial charge in [0, 0.05) is 25.4 Å². The molecule has 0 unspecified atom stereocenters. The maximum Gasteiger partial charge on any atom is 0.0701 e. The highest BCUT2D eigenvalue weighted by molar-refractivity contribution is 5.00. The lowest BCUT2D eigenvalue weighted by Crippen LogP contribution is -2.35. The second kappa shape index (κ2) is 7.51. The van der Waals surface area contributed by atoms with Gasteiger partial charge in [-0.25, -0.2) is 0 Å². The first-order valence-corrected chi connectivity index (χ1v) is 6.35. The van der Waals surface area contributed by atoms with Gasteiger partial charge < -0.3 is 14.8 Å². The summed E-state index contributed by atoms with van der Waals surface area (Å²) >= 11 is 0. The minimum atomic E-state index is 0.115. The van der Waals surface area contributed by atoms with Crippen molar-refractivity contribution in [3.8, 4) is 0 Å². The van der Waals surface area contributed by atoms with Crippen LogP contribution in [0.4, 0.5) is 0 Å². The standard InChI is InChI=1S/C13H25N3O2/c1-13(2,3)14-11-12-5-6-15-16(12)7-8-18-10-9-17-4/h5-6,14H,7-11H2,1-4H3. The first-order chi connectivity index (χ1) is 8.53. The van der Waals surface area contributed by atoms with Gasteiger partial charge in [-0.3, -0.25) is 4.68 Å². The van der Waals surface area contributed by atoms with E-state index in [0.29, 0.717) is 19.8 Å². The summed E-state index contributed by atoms with van der Waals surface area (Å²) in [6.45, 7) is 9.99. The summed E-state index contributed by atoms with van der Waals surface area (Å²) in [6, 6.07) is 2.04. The lowest BCUT2D eigenvalue weighted by atomic mass is 10.1. The average molecular weight is 255 g/mol. The van der Waals surface area contributed by atoms with Crippen LogP contribution in [-0.2, 0) is 22.6 Å². The van der Waals surface area contributed by atoms with E-state index in [4.69, 9.17) is 9.47 Å². The van der Waals surface area contributed by atoms with Gasteiger partial charge in [-0.1, -0.05) is 0 Å². The van der Waals surface area contributed by atoms with Crippen molar-refractivity contribution in [2.75, 3.05) is 26.9 Å². The van der Waals surface area contributed by atoms with E-state index in [-0.39, 0.29) is 5.54 Å². The third kappa shape index (κ3) is 6.14. The monoisotopic (exact) mass is 255 g/mol. The van der Waals surface area contributed by atoms with E-state index in [1.165, 1.54) is 5.69 Å². The molecule has 5 heteroatoms. The summed E-state index contributed by atoms with van der Waals surface area (Å²) < 4.78 is 12.3. The van der Waals surface area contributed by atoms with Crippen LogP contribution in [0.25, 0.3) is 0 Å². The Labute approximate surface area is 109 Å². The number of nitrogens with one attached hydrogen (secondary N) is 1. The summed E-state index contributed by atoms with van der Waals surface area (Å²) in [7, 11) is 1.67. The van der Waals surface area contributed by atoms with E-state index in [1.54, 1.807) is 7.11 Å².